The lowest BCUT2D eigenvalue weighted by Gasteiger charge is -2.45. The molecule has 0 aromatic heterocycles. The first-order chi connectivity index (χ1) is 12.4. The first-order valence-electron chi connectivity index (χ1n) is 9.10. The summed E-state index contributed by atoms with van der Waals surface area (Å²) in [6, 6.07) is 16.1. The number of hydrogen-bond acceptors (Lipinski definition) is 3. The number of benzene rings is 2. The predicted molar refractivity (Wildman–Crippen MR) is 108 cm³/mol. The zero-order chi connectivity index (χ0) is 18.7. The molecule has 1 heterocycles. The molecule has 2 aromatic carbocycles. The number of nitrogens with zero attached hydrogens (tertiary/aromatic N) is 2. The maximum absolute atomic E-state index is 12.0. The average Bonchev–Trinajstić information content (AvgIpc) is 2.60. The summed E-state index contributed by atoms with van der Waals surface area (Å²) >= 11 is 0. The van der Waals surface area contributed by atoms with E-state index in [4.69, 9.17) is 0 Å². The number of anilines is 1. The number of carbonyl (C=O) groups is 1. The molecule has 1 N–H and O–H groups in total. The molecule has 0 radical (unpaired) electrons. The maximum Gasteiger partial charge on any atom is 0.244 e. The van der Waals surface area contributed by atoms with Crippen molar-refractivity contribution in [2.75, 3.05) is 11.9 Å². The lowest BCUT2D eigenvalue weighted by Crippen LogP contribution is -2.45. The maximum atomic E-state index is 12.0. The van der Waals surface area contributed by atoms with Gasteiger partial charge in [-0.1, -0.05) is 43.3 Å². The summed E-state index contributed by atoms with van der Waals surface area (Å²) in [5, 5.41) is 4.12. The van der Waals surface area contributed by atoms with E-state index in [0.29, 0.717) is 12.3 Å². The molecular formula is C22H27N3O. The minimum absolute atomic E-state index is 0.111. The number of rotatable bonds is 4. The fraction of sp³-hybridized carbons (Fsp3) is 0.364. The number of fused-ring (bicyclic) bond motifs is 1. The molecule has 4 heteroatoms. The first-order valence-corrected chi connectivity index (χ1v) is 9.10. The van der Waals surface area contributed by atoms with Gasteiger partial charge in [0.25, 0.3) is 0 Å². The van der Waals surface area contributed by atoms with Crippen LogP contribution in [0.3, 0.4) is 0 Å². The summed E-state index contributed by atoms with van der Waals surface area (Å²) in [4.78, 5) is 14.3. The molecule has 1 atom stereocenters. The molecule has 0 bridgehead atoms. The highest BCUT2D eigenvalue weighted by Crippen LogP contribution is 2.42. The van der Waals surface area contributed by atoms with Crippen LogP contribution in [0.25, 0.3) is 0 Å². The molecule has 0 saturated carbocycles. The molecule has 26 heavy (non-hydrogen) atoms. The van der Waals surface area contributed by atoms with E-state index in [1.165, 1.54) is 11.3 Å². The minimum atomic E-state index is -0.111. The van der Waals surface area contributed by atoms with Crippen molar-refractivity contribution in [3.8, 4) is 0 Å². The van der Waals surface area contributed by atoms with Crippen molar-refractivity contribution >= 4 is 17.8 Å². The van der Waals surface area contributed by atoms with E-state index in [0.717, 1.165) is 17.5 Å². The summed E-state index contributed by atoms with van der Waals surface area (Å²) in [5.74, 6) is 0.387. The first kappa shape index (κ1) is 18.2. The lowest BCUT2D eigenvalue weighted by molar-refractivity contribution is -0.120. The summed E-state index contributed by atoms with van der Waals surface area (Å²) in [6.45, 7) is 6.84. The van der Waals surface area contributed by atoms with E-state index in [2.05, 4.69) is 61.4 Å². The third kappa shape index (κ3) is 3.96. The summed E-state index contributed by atoms with van der Waals surface area (Å²) < 4.78 is 0. The Morgan fingerprint density at radius 1 is 1.27 bits per heavy atom. The van der Waals surface area contributed by atoms with Crippen LogP contribution in [0.15, 0.2) is 53.6 Å². The van der Waals surface area contributed by atoms with E-state index in [1.807, 2.05) is 30.3 Å². The van der Waals surface area contributed by atoms with Gasteiger partial charge >= 0.3 is 0 Å². The van der Waals surface area contributed by atoms with Crippen LogP contribution >= 0.6 is 0 Å². The Morgan fingerprint density at radius 3 is 2.73 bits per heavy atom. The van der Waals surface area contributed by atoms with Crippen molar-refractivity contribution in [2.45, 2.75) is 45.1 Å². The minimum Gasteiger partial charge on any atom is -0.369 e. The molecule has 0 spiro atoms. The molecule has 1 aliphatic heterocycles. The number of amides is 1. The van der Waals surface area contributed by atoms with Gasteiger partial charge in [-0.2, -0.15) is 5.10 Å². The van der Waals surface area contributed by atoms with Crippen molar-refractivity contribution in [3.05, 3.63) is 65.2 Å². The van der Waals surface area contributed by atoms with Crippen LogP contribution in [0.1, 0.15) is 49.8 Å². The Kier molecular flexibility index (Phi) is 5.12. The van der Waals surface area contributed by atoms with Gasteiger partial charge in [0.05, 0.1) is 12.6 Å². The van der Waals surface area contributed by atoms with Gasteiger partial charge in [-0.05, 0) is 55.0 Å². The smallest absolute Gasteiger partial charge is 0.244 e. The Labute approximate surface area is 155 Å². The van der Waals surface area contributed by atoms with E-state index in [1.54, 1.807) is 6.21 Å². The second-order valence-electron chi connectivity index (χ2n) is 7.75. The molecule has 3 rings (SSSR count). The molecule has 1 amide bonds. The largest absolute Gasteiger partial charge is 0.369 e. The number of nitrogens with one attached hydrogen (secondary N) is 1. The highest BCUT2D eigenvalue weighted by molar-refractivity contribution is 5.84. The van der Waals surface area contributed by atoms with Crippen LogP contribution in [-0.2, 0) is 11.2 Å². The quantitative estimate of drug-likeness (QED) is 0.667. The topological polar surface area (TPSA) is 44.7 Å². The highest BCUT2D eigenvalue weighted by atomic mass is 16.2. The monoisotopic (exact) mass is 349 g/mol. The fourth-order valence-corrected chi connectivity index (χ4v) is 3.68. The Hall–Kier alpha value is -2.62. The summed E-state index contributed by atoms with van der Waals surface area (Å²) in [5.41, 5.74) is 7.37. The molecule has 1 unspecified atom stereocenters. The molecule has 1 aliphatic rings. The van der Waals surface area contributed by atoms with Gasteiger partial charge in [-0.3, -0.25) is 4.79 Å². The molecular weight excluding hydrogens is 322 g/mol. The van der Waals surface area contributed by atoms with Crippen molar-refractivity contribution in [3.63, 3.8) is 0 Å². The van der Waals surface area contributed by atoms with Gasteiger partial charge < -0.3 is 4.90 Å². The van der Waals surface area contributed by atoms with Crippen LogP contribution in [0.5, 0.6) is 0 Å². The zero-order valence-corrected chi connectivity index (χ0v) is 16.0. The molecule has 2 aromatic rings. The molecule has 0 aliphatic carbocycles. The van der Waals surface area contributed by atoms with Gasteiger partial charge in [0.2, 0.25) is 5.91 Å². The van der Waals surface area contributed by atoms with Crippen LogP contribution in [0.4, 0.5) is 5.69 Å². The Morgan fingerprint density at radius 2 is 2.00 bits per heavy atom. The van der Waals surface area contributed by atoms with Gasteiger partial charge in [-0.25, -0.2) is 5.43 Å². The van der Waals surface area contributed by atoms with Crippen LogP contribution in [0, 0.1) is 0 Å². The molecule has 4 nitrogen and oxygen atoms in total. The third-order valence-corrected chi connectivity index (χ3v) is 5.27. The number of hydrazone groups is 1. The van der Waals surface area contributed by atoms with E-state index in [9.17, 15) is 4.79 Å². The van der Waals surface area contributed by atoms with Gasteiger partial charge in [-0.15, -0.1) is 0 Å². The van der Waals surface area contributed by atoms with Crippen molar-refractivity contribution in [2.24, 2.45) is 5.10 Å². The van der Waals surface area contributed by atoms with Gasteiger partial charge in [0.15, 0.2) is 0 Å². The summed E-state index contributed by atoms with van der Waals surface area (Å²) in [6.07, 6.45) is 3.17. The van der Waals surface area contributed by atoms with Crippen molar-refractivity contribution in [1.82, 2.24) is 5.43 Å². The second-order valence-corrected chi connectivity index (χ2v) is 7.75. The standard InChI is InChI=1S/C22H27N3O/c1-16-14-22(2,3)25(4)20-11-10-18(12-19(16)20)15-23-24-21(26)13-17-8-6-5-7-9-17/h5-12,15-16H,13-14H2,1-4H3,(H,24,26)/b23-15-. The van der Waals surface area contributed by atoms with Gasteiger partial charge in [0.1, 0.15) is 0 Å². The van der Waals surface area contributed by atoms with Crippen molar-refractivity contribution < 1.29 is 4.79 Å². The van der Waals surface area contributed by atoms with Crippen molar-refractivity contribution in [1.29, 1.82) is 0 Å². The van der Waals surface area contributed by atoms with E-state index < -0.39 is 0 Å². The van der Waals surface area contributed by atoms with E-state index >= 15 is 0 Å². The van der Waals surface area contributed by atoms with Crippen LogP contribution in [-0.4, -0.2) is 24.7 Å². The predicted octanol–water partition coefficient (Wildman–Crippen LogP) is 4.10. The van der Waals surface area contributed by atoms with Crippen LogP contribution < -0.4 is 10.3 Å². The zero-order valence-electron chi connectivity index (χ0n) is 16.0. The lowest BCUT2D eigenvalue weighted by atomic mass is 9.80. The van der Waals surface area contributed by atoms with E-state index in [-0.39, 0.29) is 11.4 Å². The SMILES string of the molecule is CC1CC(C)(C)N(C)c2ccc(/C=N\NC(=O)Cc3ccccc3)cc21. The number of carbonyl (C=O) groups excluding carboxylic acids is 1. The molecule has 0 saturated heterocycles. The average molecular weight is 349 g/mol. The Bertz CT molecular complexity index is 811. The fourth-order valence-electron chi connectivity index (χ4n) is 3.68. The third-order valence-electron chi connectivity index (χ3n) is 5.27. The molecule has 136 valence electrons. The van der Waals surface area contributed by atoms with Gasteiger partial charge in [0, 0.05) is 18.3 Å². The molecule has 0 fully saturated rings. The highest BCUT2D eigenvalue weighted by Gasteiger charge is 2.33. The van der Waals surface area contributed by atoms with Crippen LogP contribution in [0.2, 0.25) is 0 Å². The summed E-state index contributed by atoms with van der Waals surface area (Å²) in [7, 11) is 2.16. The number of hydrogen-bond donors (Lipinski definition) is 1. The second kappa shape index (κ2) is 7.32. The Balaban J connectivity index is 1.67. The normalized spacial score (nSPS) is 18.6.